The predicted octanol–water partition coefficient (Wildman–Crippen LogP) is -13.2. The van der Waals surface area contributed by atoms with E-state index in [1.165, 1.54) is 12.1 Å². The molecule has 1 aromatic rings. The van der Waals surface area contributed by atoms with E-state index in [-0.39, 0.29) is 11.4 Å². The van der Waals surface area contributed by atoms with Gasteiger partial charge in [0.1, 0.15) is 183 Å². The summed E-state index contributed by atoms with van der Waals surface area (Å²) in [5.74, 6) is -0.0504. The van der Waals surface area contributed by atoms with Gasteiger partial charge in [0.15, 0.2) is 44.0 Å². The van der Waals surface area contributed by atoms with Gasteiger partial charge in [-0.2, -0.15) is 0 Å². The van der Waals surface area contributed by atoms with Crippen molar-refractivity contribution in [3.63, 3.8) is 0 Å². The van der Waals surface area contributed by atoms with Crippen LogP contribution in [0, 0.1) is 10.1 Å². The zero-order chi connectivity index (χ0) is 62.3. The number of aliphatic hydroxyl groups is 20. The number of aliphatic hydroxyl groups excluding tert-OH is 20. The zero-order valence-electron chi connectivity index (χ0n) is 44.8. The summed E-state index contributed by atoms with van der Waals surface area (Å²) < 4.78 is 86.5. The summed E-state index contributed by atoms with van der Waals surface area (Å²) in [7, 11) is 0. The Balaban J connectivity index is 1.02. The molecule has 0 aliphatic carbocycles. The van der Waals surface area contributed by atoms with Crippen molar-refractivity contribution in [2.24, 2.45) is 0 Å². The molecule has 0 spiro atoms. The van der Waals surface area contributed by atoms with Gasteiger partial charge in [0.25, 0.3) is 5.69 Å². The minimum Gasteiger partial charge on any atom is -0.491 e. The number of rotatable bonds is 10. The Morgan fingerprint density at radius 2 is 0.488 bits per heavy atom. The van der Waals surface area contributed by atoms with Gasteiger partial charge in [-0.25, -0.2) is 0 Å². The summed E-state index contributed by atoms with van der Waals surface area (Å²) in [5.41, 5.74) is -0.341. The molecular weight excluding hydrogens is 1180 g/mol. The topological polar surface area (TPSA) is 586 Å². The molecule has 86 heavy (non-hydrogen) atoms. The Kier molecular flexibility index (Phi) is 22.5. The van der Waals surface area contributed by atoms with Crippen LogP contribution in [0.25, 0.3) is 0 Å². The molecule has 20 N–H and O–H groups in total. The molecule has 35 atom stereocenters. The lowest BCUT2D eigenvalue weighted by molar-refractivity contribution is -0.396. The Hall–Kier alpha value is -2.94. The van der Waals surface area contributed by atoms with Gasteiger partial charge in [0, 0.05) is 12.1 Å². The van der Waals surface area contributed by atoms with Crippen LogP contribution >= 0.6 is 0 Å². The van der Waals surface area contributed by atoms with E-state index in [0.29, 0.717) is 0 Å². The third-order valence-corrected chi connectivity index (χ3v) is 16.1. The van der Waals surface area contributed by atoms with Crippen molar-refractivity contribution in [1.29, 1.82) is 0 Å². The second-order valence-corrected chi connectivity index (χ2v) is 21.5. The van der Waals surface area contributed by atoms with E-state index in [2.05, 4.69) is 0 Å². The summed E-state index contributed by atoms with van der Waals surface area (Å²) in [6.45, 7) is -7.17. The Labute approximate surface area is 484 Å². The highest BCUT2D eigenvalue weighted by Gasteiger charge is 2.59. The summed E-state index contributed by atoms with van der Waals surface area (Å²) in [5, 5.41) is 234. The molecule has 21 aliphatic heterocycles. The average molecular weight is 1260 g/mol. The molecule has 14 bridgehead atoms. The SMILES string of the molecule is O=[N+]([O-])c1ccc(OC[C@H]2O[C@@H]3O[C@H]4[C@H](O)[C@@H](O)[C@@H](O[C@H]5[C@H](O)[C@@H](O)[C@@H](O[C@H]6[C@H](O)[C@@H](O)[C@@H](O[C@H]7[C@H](O)[C@@H](O)[C@@H](O[C@H]8[C@H](O)[C@@H](O)[C@@H](O[C@H]9[C@H](O)[C@@H](O)[C@@H](O[C@H]2[C@H](O)[C@H]3O)O[C@@H]9CO)O[C@@H]8CO)O[C@@H]7CO)O[C@@H]6CO)O[C@@H]5CO)O[C@@H]4CO)cc1. The monoisotopic (exact) mass is 1260 g/mol. The molecule has 21 saturated heterocycles. The van der Waals surface area contributed by atoms with Crippen LogP contribution in [0.3, 0.4) is 0 Å². The highest BCUT2D eigenvalue weighted by atomic mass is 16.8. The van der Waals surface area contributed by atoms with Gasteiger partial charge >= 0.3 is 0 Å². The number of benzene rings is 1. The van der Waals surface area contributed by atoms with Crippen molar-refractivity contribution < 1.29 is 178 Å². The molecule has 1 aromatic carbocycles. The van der Waals surface area contributed by atoms with Crippen LogP contribution in [0.15, 0.2) is 24.3 Å². The first-order chi connectivity index (χ1) is 41.0. The van der Waals surface area contributed by atoms with Crippen molar-refractivity contribution in [2.75, 3.05) is 46.2 Å². The first-order valence-corrected chi connectivity index (χ1v) is 27.2. The molecule has 38 heteroatoms. The number of nitro benzene ring substituents is 1. The highest BCUT2D eigenvalue weighted by Crippen LogP contribution is 2.39. The molecule has 21 fully saturated rings. The van der Waals surface area contributed by atoms with E-state index >= 15 is 0 Å². The number of nitro groups is 1. The highest BCUT2D eigenvalue weighted by molar-refractivity contribution is 5.36. The Morgan fingerprint density at radius 3 is 0.674 bits per heavy atom. The molecule has 0 unspecified atom stereocenters. The third kappa shape index (κ3) is 13.5. The van der Waals surface area contributed by atoms with E-state index in [1.807, 2.05) is 0 Å². The van der Waals surface area contributed by atoms with E-state index < -0.39 is 266 Å². The molecule has 492 valence electrons. The van der Waals surface area contributed by atoms with Crippen LogP contribution in [-0.2, 0) is 66.3 Å². The fourth-order valence-corrected chi connectivity index (χ4v) is 11.2. The van der Waals surface area contributed by atoms with Crippen LogP contribution in [-0.4, -0.2) is 368 Å². The number of hydrogen-bond donors (Lipinski definition) is 20. The Morgan fingerprint density at radius 1 is 0.302 bits per heavy atom. The maximum atomic E-state index is 11.8. The second-order valence-electron chi connectivity index (χ2n) is 21.5. The standard InChI is InChI=1S/C48H73NO37/c50-5-14-35-22(57)29(64)43(74-14)82-37-16(7-52)76-45(31(66)24(37)59)84-39-18(9-54)78-47(33(68)26(39)61)86-41-20(11-72-13-3-1-12(2-4-13)49(70)71)79-48(34(69)27(41)62)85-40-19(10-55)77-46(32(67)25(40)60)83-38-17(8-53)75-44(30(65)23(38)58)81-36-15(6-51)73-42(80-35)28(63)21(36)56/h1-4,14-48,50-69H,5-11H2/t14-,15-,16-,17-,18-,19-,20-,21-,22-,23-,24-,25-,26-,27-,28-,29-,30-,31-,32-,33-,34-,35-,36-,37-,38-,39-,40-,41-,42-,43-,44-,45-,46-,47-,48-/m1/s1. The second kappa shape index (κ2) is 28.7. The van der Waals surface area contributed by atoms with E-state index in [9.17, 15) is 112 Å². The normalized spacial score (nSPS) is 50.7. The van der Waals surface area contributed by atoms with Crippen molar-refractivity contribution >= 4 is 5.69 Å². The van der Waals surface area contributed by atoms with Crippen LogP contribution in [0.1, 0.15) is 0 Å². The number of ether oxygens (including phenoxy) is 15. The smallest absolute Gasteiger partial charge is 0.269 e. The van der Waals surface area contributed by atoms with E-state index in [4.69, 9.17) is 71.1 Å². The van der Waals surface area contributed by atoms with Gasteiger partial charge in [0.2, 0.25) is 0 Å². The van der Waals surface area contributed by atoms with Gasteiger partial charge in [-0.15, -0.1) is 0 Å². The quantitative estimate of drug-likeness (QED) is 0.0764. The first-order valence-electron chi connectivity index (χ1n) is 27.2. The van der Waals surface area contributed by atoms with E-state index in [1.54, 1.807) is 0 Å². The van der Waals surface area contributed by atoms with Gasteiger partial charge < -0.3 is 173 Å². The largest absolute Gasteiger partial charge is 0.491 e. The van der Waals surface area contributed by atoms with Gasteiger partial charge in [-0.1, -0.05) is 0 Å². The minimum atomic E-state index is -2.27. The summed E-state index contributed by atoms with van der Waals surface area (Å²) >= 11 is 0. The van der Waals surface area contributed by atoms with Crippen LogP contribution < -0.4 is 4.74 Å². The summed E-state index contributed by atoms with van der Waals surface area (Å²) in [6.07, 6.45) is -71.5. The van der Waals surface area contributed by atoms with Crippen molar-refractivity contribution in [3.05, 3.63) is 34.4 Å². The van der Waals surface area contributed by atoms with Gasteiger partial charge in [-0.05, 0) is 12.1 Å². The van der Waals surface area contributed by atoms with Gasteiger partial charge in [0.05, 0.1) is 44.6 Å². The molecule has 0 amide bonds. The van der Waals surface area contributed by atoms with Crippen molar-refractivity contribution in [3.8, 4) is 5.75 Å². The number of nitrogens with zero attached hydrogens (tertiary/aromatic N) is 1. The third-order valence-electron chi connectivity index (χ3n) is 16.1. The number of non-ortho nitro benzene ring substituents is 1. The molecule has 21 heterocycles. The maximum absolute atomic E-state index is 11.8. The predicted molar refractivity (Wildman–Crippen MR) is 260 cm³/mol. The molecule has 21 aliphatic rings. The average Bonchev–Trinajstić information content (AvgIpc) is 2.53. The molecule has 22 rings (SSSR count). The molecular formula is C48H73NO37. The Bertz CT molecular complexity index is 2290. The van der Waals surface area contributed by atoms with Crippen molar-refractivity contribution in [2.45, 2.75) is 215 Å². The van der Waals surface area contributed by atoms with Crippen molar-refractivity contribution in [1.82, 2.24) is 0 Å². The fraction of sp³-hybridized carbons (Fsp3) is 0.875. The molecule has 0 radical (unpaired) electrons. The lowest BCUT2D eigenvalue weighted by atomic mass is 9.95. The number of hydrogen-bond acceptors (Lipinski definition) is 37. The zero-order valence-corrected chi connectivity index (χ0v) is 44.8. The van der Waals surface area contributed by atoms with Crippen LogP contribution in [0.4, 0.5) is 5.69 Å². The molecule has 38 nitrogen and oxygen atoms in total. The summed E-state index contributed by atoms with van der Waals surface area (Å²) in [4.78, 5) is 10.6. The maximum Gasteiger partial charge on any atom is 0.269 e. The summed E-state index contributed by atoms with van der Waals surface area (Å²) in [6, 6.07) is 4.49. The lowest BCUT2D eigenvalue weighted by Crippen LogP contribution is -2.68. The molecule has 0 aromatic heterocycles. The van der Waals surface area contributed by atoms with Gasteiger partial charge in [-0.3, -0.25) is 10.1 Å². The van der Waals surface area contributed by atoms with E-state index in [0.717, 1.165) is 12.1 Å². The lowest BCUT2D eigenvalue weighted by Gasteiger charge is -2.50. The van der Waals surface area contributed by atoms with Crippen LogP contribution in [0.2, 0.25) is 0 Å². The minimum absolute atomic E-state index is 0.0504. The first kappa shape index (κ1) is 67.5. The fourth-order valence-electron chi connectivity index (χ4n) is 11.2. The molecule has 0 saturated carbocycles. The van der Waals surface area contributed by atoms with Crippen LogP contribution in [0.5, 0.6) is 5.75 Å².